The van der Waals surface area contributed by atoms with Crippen molar-refractivity contribution < 1.29 is 14.3 Å². The number of methoxy groups -OCH3 is 1. The van der Waals surface area contributed by atoms with Gasteiger partial charge in [-0.2, -0.15) is 0 Å². The highest BCUT2D eigenvalue weighted by molar-refractivity contribution is 5.95. The normalized spacial score (nSPS) is 15.4. The van der Waals surface area contributed by atoms with Crippen LogP contribution in [0.15, 0.2) is 79.1 Å². The highest BCUT2D eigenvalue weighted by Gasteiger charge is 2.28. The predicted molar refractivity (Wildman–Crippen MR) is 131 cm³/mol. The fourth-order valence-corrected chi connectivity index (χ4v) is 4.58. The zero-order valence-electron chi connectivity index (χ0n) is 19.2. The third-order valence-electron chi connectivity index (χ3n) is 6.33. The van der Waals surface area contributed by atoms with E-state index in [1.165, 1.54) is 10.9 Å². The minimum Gasteiger partial charge on any atom is -0.493 e. The van der Waals surface area contributed by atoms with Crippen molar-refractivity contribution in [2.75, 3.05) is 20.2 Å². The van der Waals surface area contributed by atoms with Gasteiger partial charge in [0.15, 0.2) is 11.5 Å². The van der Waals surface area contributed by atoms with Gasteiger partial charge in [-0.15, -0.1) is 0 Å². The zero-order chi connectivity index (χ0) is 23.3. The van der Waals surface area contributed by atoms with Crippen LogP contribution < -0.4 is 9.47 Å². The summed E-state index contributed by atoms with van der Waals surface area (Å²) in [5.74, 6) is 1.58. The van der Waals surface area contributed by atoms with Crippen LogP contribution in [0.25, 0.3) is 10.9 Å². The molecule has 6 nitrogen and oxygen atoms in total. The van der Waals surface area contributed by atoms with Gasteiger partial charge in [0, 0.05) is 36.4 Å². The van der Waals surface area contributed by atoms with Gasteiger partial charge in [-0.05, 0) is 66.8 Å². The summed E-state index contributed by atoms with van der Waals surface area (Å²) in [6.07, 6.45) is 5.48. The first-order valence-corrected chi connectivity index (χ1v) is 11.5. The summed E-state index contributed by atoms with van der Waals surface area (Å²) < 4.78 is 11.4. The molecule has 1 aliphatic heterocycles. The number of benzene rings is 2. The fraction of sp³-hybridized carbons (Fsp3) is 0.250. The molecule has 3 heterocycles. The molecule has 0 unspecified atom stereocenters. The SMILES string of the molecule is COc1ccc(C(=O)N2CC[C@H](Cc3cccc4ncccc34)C2)cc1OCc1ccccn1. The van der Waals surface area contributed by atoms with E-state index in [2.05, 4.69) is 28.2 Å². The van der Waals surface area contributed by atoms with Crippen LogP contribution in [-0.4, -0.2) is 41.0 Å². The van der Waals surface area contributed by atoms with E-state index in [9.17, 15) is 4.79 Å². The molecule has 0 bridgehead atoms. The van der Waals surface area contributed by atoms with Crippen molar-refractivity contribution in [1.82, 2.24) is 14.9 Å². The second-order valence-electron chi connectivity index (χ2n) is 8.57. The lowest BCUT2D eigenvalue weighted by Gasteiger charge is -2.18. The Morgan fingerprint density at radius 1 is 1.00 bits per heavy atom. The standard InChI is InChI=1S/C28H27N3O3/c1-33-26-11-10-22(17-27(26)34-19-23-7-2-3-13-29-23)28(32)31-15-12-20(18-31)16-21-6-4-9-25-24(21)8-5-14-30-25/h2-11,13-14,17,20H,12,15-16,18-19H2,1H3/t20-/m1/s1. The summed E-state index contributed by atoms with van der Waals surface area (Å²) in [5.41, 5.74) is 3.72. The summed E-state index contributed by atoms with van der Waals surface area (Å²) in [7, 11) is 1.60. The fourth-order valence-electron chi connectivity index (χ4n) is 4.58. The number of likely N-dealkylation sites (tertiary alicyclic amines) is 1. The van der Waals surface area contributed by atoms with E-state index in [0.717, 1.165) is 37.1 Å². The maximum Gasteiger partial charge on any atom is 0.254 e. The zero-order valence-corrected chi connectivity index (χ0v) is 19.2. The molecule has 1 saturated heterocycles. The lowest BCUT2D eigenvalue weighted by atomic mass is 9.96. The number of nitrogens with zero attached hydrogens (tertiary/aromatic N) is 3. The molecule has 0 radical (unpaired) electrons. The minimum absolute atomic E-state index is 0.0208. The first-order chi connectivity index (χ1) is 16.7. The van der Waals surface area contributed by atoms with Crippen molar-refractivity contribution >= 4 is 16.8 Å². The van der Waals surface area contributed by atoms with Gasteiger partial charge >= 0.3 is 0 Å². The summed E-state index contributed by atoms with van der Waals surface area (Å²) >= 11 is 0. The Morgan fingerprint density at radius 2 is 1.91 bits per heavy atom. The summed E-state index contributed by atoms with van der Waals surface area (Å²) in [6.45, 7) is 1.80. The molecule has 34 heavy (non-hydrogen) atoms. The van der Waals surface area contributed by atoms with Crippen LogP contribution in [0.3, 0.4) is 0 Å². The van der Waals surface area contributed by atoms with Gasteiger partial charge in [-0.3, -0.25) is 14.8 Å². The number of hydrogen-bond donors (Lipinski definition) is 0. The largest absolute Gasteiger partial charge is 0.493 e. The van der Waals surface area contributed by atoms with E-state index in [0.29, 0.717) is 29.6 Å². The average molecular weight is 454 g/mol. The molecule has 2 aromatic heterocycles. The molecule has 1 amide bonds. The van der Waals surface area contributed by atoms with Crippen LogP contribution in [0.5, 0.6) is 11.5 Å². The average Bonchev–Trinajstić information content (AvgIpc) is 3.36. The van der Waals surface area contributed by atoms with Crippen molar-refractivity contribution in [3.05, 3.63) is 95.9 Å². The number of amides is 1. The van der Waals surface area contributed by atoms with Gasteiger partial charge in [0.1, 0.15) is 6.61 Å². The predicted octanol–water partition coefficient (Wildman–Crippen LogP) is 4.92. The maximum atomic E-state index is 13.3. The van der Waals surface area contributed by atoms with E-state index in [-0.39, 0.29) is 5.91 Å². The van der Waals surface area contributed by atoms with Gasteiger partial charge in [0.25, 0.3) is 5.91 Å². The summed E-state index contributed by atoms with van der Waals surface area (Å²) in [6, 6.07) is 21.4. The number of hydrogen-bond acceptors (Lipinski definition) is 5. The molecule has 1 fully saturated rings. The van der Waals surface area contributed by atoms with E-state index in [1.807, 2.05) is 41.4 Å². The molecule has 172 valence electrons. The van der Waals surface area contributed by atoms with Crippen LogP contribution in [0.1, 0.15) is 28.0 Å². The Balaban J connectivity index is 1.27. The van der Waals surface area contributed by atoms with E-state index in [4.69, 9.17) is 9.47 Å². The third kappa shape index (κ3) is 4.71. The molecule has 0 spiro atoms. The van der Waals surface area contributed by atoms with Crippen LogP contribution in [0.2, 0.25) is 0 Å². The minimum atomic E-state index is 0.0208. The lowest BCUT2D eigenvalue weighted by molar-refractivity contribution is 0.0786. The van der Waals surface area contributed by atoms with E-state index in [1.54, 1.807) is 31.5 Å². The number of rotatable bonds is 7. The Morgan fingerprint density at radius 3 is 2.76 bits per heavy atom. The number of aromatic nitrogens is 2. The number of carbonyl (C=O) groups is 1. The lowest BCUT2D eigenvalue weighted by Crippen LogP contribution is -2.29. The topological polar surface area (TPSA) is 64.5 Å². The second-order valence-corrected chi connectivity index (χ2v) is 8.57. The van der Waals surface area contributed by atoms with Gasteiger partial charge in [0.05, 0.1) is 18.3 Å². The summed E-state index contributed by atoms with van der Waals surface area (Å²) in [4.78, 5) is 24.0. The van der Waals surface area contributed by atoms with Crippen LogP contribution in [0.4, 0.5) is 0 Å². The molecule has 2 aromatic carbocycles. The van der Waals surface area contributed by atoms with E-state index < -0.39 is 0 Å². The van der Waals surface area contributed by atoms with Crippen LogP contribution in [0, 0.1) is 5.92 Å². The smallest absolute Gasteiger partial charge is 0.254 e. The first-order valence-electron chi connectivity index (χ1n) is 11.5. The number of pyridine rings is 2. The van der Waals surface area contributed by atoms with E-state index >= 15 is 0 Å². The Labute approximate surface area is 199 Å². The van der Waals surface area contributed by atoms with Gasteiger partial charge in [-0.1, -0.05) is 24.3 Å². The Hall–Kier alpha value is -3.93. The van der Waals surface area contributed by atoms with Gasteiger partial charge in [-0.25, -0.2) is 0 Å². The number of carbonyl (C=O) groups excluding carboxylic acids is 1. The number of ether oxygens (including phenoxy) is 2. The van der Waals surface area contributed by atoms with Crippen molar-refractivity contribution in [3.63, 3.8) is 0 Å². The molecule has 1 atom stereocenters. The monoisotopic (exact) mass is 453 g/mol. The summed E-state index contributed by atoms with van der Waals surface area (Å²) in [5, 5.41) is 1.19. The van der Waals surface area contributed by atoms with Gasteiger partial charge in [0.2, 0.25) is 0 Å². The van der Waals surface area contributed by atoms with Crippen molar-refractivity contribution in [1.29, 1.82) is 0 Å². The van der Waals surface area contributed by atoms with Crippen molar-refractivity contribution in [2.24, 2.45) is 5.92 Å². The highest BCUT2D eigenvalue weighted by Crippen LogP contribution is 2.31. The Kier molecular flexibility index (Phi) is 6.38. The molecule has 0 aliphatic carbocycles. The van der Waals surface area contributed by atoms with Crippen LogP contribution in [-0.2, 0) is 13.0 Å². The van der Waals surface area contributed by atoms with Crippen LogP contribution >= 0.6 is 0 Å². The molecular formula is C28H27N3O3. The molecule has 4 aromatic rings. The molecule has 5 rings (SSSR count). The molecular weight excluding hydrogens is 426 g/mol. The second kappa shape index (κ2) is 9.91. The molecule has 0 saturated carbocycles. The molecule has 6 heteroatoms. The first kappa shape index (κ1) is 21.9. The molecule has 0 N–H and O–H groups in total. The maximum absolute atomic E-state index is 13.3. The number of fused-ring (bicyclic) bond motifs is 1. The highest BCUT2D eigenvalue weighted by atomic mass is 16.5. The van der Waals surface area contributed by atoms with Gasteiger partial charge < -0.3 is 14.4 Å². The van der Waals surface area contributed by atoms with Crippen molar-refractivity contribution in [2.45, 2.75) is 19.4 Å². The Bertz CT molecular complexity index is 1290. The molecule has 1 aliphatic rings. The quantitative estimate of drug-likeness (QED) is 0.397. The van der Waals surface area contributed by atoms with Crippen molar-refractivity contribution in [3.8, 4) is 11.5 Å². The third-order valence-corrected chi connectivity index (χ3v) is 6.33.